The number of guanidine groups is 1. The SMILES string of the molecule is CCNC(=NCc1ccccc1)NCc1ncccc1C.I. The summed E-state index contributed by atoms with van der Waals surface area (Å²) in [7, 11) is 0. The van der Waals surface area contributed by atoms with Crippen LogP contribution >= 0.6 is 24.0 Å². The Bertz CT molecular complexity index is 584. The normalized spacial score (nSPS) is 10.7. The van der Waals surface area contributed by atoms with Gasteiger partial charge in [0.25, 0.3) is 0 Å². The lowest BCUT2D eigenvalue weighted by molar-refractivity contribution is 0.794. The topological polar surface area (TPSA) is 49.3 Å². The molecule has 0 saturated heterocycles. The molecule has 1 heterocycles. The molecule has 1 aromatic carbocycles. The van der Waals surface area contributed by atoms with Crippen LogP contribution in [-0.2, 0) is 13.1 Å². The van der Waals surface area contributed by atoms with E-state index in [1.54, 1.807) is 0 Å². The fourth-order valence-electron chi connectivity index (χ4n) is 1.97. The van der Waals surface area contributed by atoms with Crippen LogP contribution in [0.1, 0.15) is 23.7 Å². The number of rotatable bonds is 5. The number of aromatic nitrogens is 1. The number of halogens is 1. The first-order valence-electron chi connectivity index (χ1n) is 7.26. The van der Waals surface area contributed by atoms with E-state index in [2.05, 4.69) is 52.7 Å². The van der Waals surface area contributed by atoms with E-state index in [1.165, 1.54) is 11.1 Å². The Kier molecular flexibility index (Phi) is 8.50. The molecule has 1 aromatic heterocycles. The molecule has 0 fully saturated rings. The van der Waals surface area contributed by atoms with Crippen molar-refractivity contribution in [3.63, 3.8) is 0 Å². The van der Waals surface area contributed by atoms with Crippen molar-refractivity contribution >= 4 is 29.9 Å². The lowest BCUT2D eigenvalue weighted by Gasteiger charge is -2.12. The summed E-state index contributed by atoms with van der Waals surface area (Å²) in [5, 5.41) is 6.58. The molecule has 0 aliphatic carbocycles. The van der Waals surface area contributed by atoms with Crippen molar-refractivity contribution in [1.82, 2.24) is 15.6 Å². The van der Waals surface area contributed by atoms with Crippen molar-refractivity contribution in [3.05, 3.63) is 65.5 Å². The maximum absolute atomic E-state index is 4.60. The number of pyridine rings is 1. The molecular formula is C17H23IN4. The number of hydrogen-bond donors (Lipinski definition) is 2. The van der Waals surface area contributed by atoms with Gasteiger partial charge in [-0.25, -0.2) is 4.99 Å². The number of aryl methyl sites for hydroxylation is 1. The Morgan fingerprint density at radius 1 is 1.09 bits per heavy atom. The first-order chi connectivity index (χ1) is 10.3. The fourth-order valence-corrected chi connectivity index (χ4v) is 1.97. The molecule has 22 heavy (non-hydrogen) atoms. The predicted molar refractivity (Wildman–Crippen MR) is 102 cm³/mol. The summed E-state index contributed by atoms with van der Waals surface area (Å²) in [5.74, 6) is 0.811. The average Bonchev–Trinajstić information content (AvgIpc) is 2.52. The number of nitrogens with one attached hydrogen (secondary N) is 2. The maximum atomic E-state index is 4.60. The minimum atomic E-state index is 0. The van der Waals surface area contributed by atoms with E-state index in [1.807, 2.05) is 30.5 Å². The van der Waals surface area contributed by atoms with Crippen LogP contribution < -0.4 is 10.6 Å². The van der Waals surface area contributed by atoms with Gasteiger partial charge in [-0.1, -0.05) is 36.4 Å². The monoisotopic (exact) mass is 410 g/mol. The van der Waals surface area contributed by atoms with Crippen LogP contribution in [0.3, 0.4) is 0 Å². The van der Waals surface area contributed by atoms with E-state index in [9.17, 15) is 0 Å². The minimum absolute atomic E-state index is 0. The highest BCUT2D eigenvalue weighted by Crippen LogP contribution is 2.03. The fraction of sp³-hybridized carbons (Fsp3) is 0.294. The van der Waals surface area contributed by atoms with Gasteiger partial charge in [0.1, 0.15) is 0 Å². The van der Waals surface area contributed by atoms with Gasteiger partial charge in [0.05, 0.1) is 18.8 Å². The molecule has 0 bridgehead atoms. The zero-order chi connectivity index (χ0) is 14.9. The minimum Gasteiger partial charge on any atom is -0.357 e. The van der Waals surface area contributed by atoms with Crippen LogP contribution in [0.2, 0.25) is 0 Å². The van der Waals surface area contributed by atoms with Crippen LogP contribution in [0.15, 0.2) is 53.7 Å². The average molecular weight is 410 g/mol. The number of benzene rings is 1. The molecule has 0 aliphatic rings. The van der Waals surface area contributed by atoms with Crippen LogP contribution in [0.4, 0.5) is 0 Å². The predicted octanol–water partition coefficient (Wildman–Crippen LogP) is 3.26. The second kappa shape index (κ2) is 10.2. The quantitative estimate of drug-likeness (QED) is 0.452. The molecule has 2 N–H and O–H groups in total. The molecule has 0 radical (unpaired) electrons. The second-order valence-electron chi connectivity index (χ2n) is 4.80. The molecule has 5 heteroatoms. The molecule has 0 amide bonds. The Morgan fingerprint density at radius 3 is 2.55 bits per heavy atom. The summed E-state index contributed by atoms with van der Waals surface area (Å²) < 4.78 is 0. The molecule has 2 rings (SSSR count). The third-order valence-electron chi connectivity index (χ3n) is 3.15. The molecule has 0 spiro atoms. The van der Waals surface area contributed by atoms with Gasteiger partial charge in [0, 0.05) is 12.7 Å². The van der Waals surface area contributed by atoms with Crippen molar-refractivity contribution in [2.24, 2.45) is 4.99 Å². The van der Waals surface area contributed by atoms with E-state index in [-0.39, 0.29) is 24.0 Å². The summed E-state index contributed by atoms with van der Waals surface area (Å²) in [5.41, 5.74) is 3.43. The van der Waals surface area contributed by atoms with Crippen molar-refractivity contribution in [1.29, 1.82) is 0 Å². The molecule has 118 valence electrons. The maximum Gasteiger partial charge on any atom is 0.191 e. The largest absolute Gasteiger partial charge is 0.357 e. The second-order valence-corrected chi connectivity index (χ2v) is 4.80. The zero-order valence-corrected chi connectivity index (χ0v) is 15.4. The standard InChI is InChI=1S/C17H22N4.HI/c1-3-18-17(20-12-15-9-5-4-6-10-15)21-13-16-14(2)8-7-11-19-16;/h4-11H,3,12-13H2,1-2H3,(H2,18,20,21);1H. The van der Waals surface area contributed by atoms with E-state index in [4.69, 9.17) is 0 Å². The van der Waals surface area contributed by atoms with Gasteiger partial charge in [-0.05, 0) is 31.0 Å². The molecular weight excluding hydrogens is 387 g/mol. The van der Waals surface area contributed by atoms with Gasteiger partial charge in [0.15, 0.2) is 5.96 Å². The highest BCUT2D eigenvalue weighted by Gasteiger charge is 2.01. The first-order valence-corrected chi connectivity index (χ1v) is 7.26. The van der Waals surface area contributed by atoms with Gasteiger partial charge in [-0.3, -0.25) is 4.98 Å². The van der Waals surface area contributed by atoms with Crippen molar-refractivity contribution in [2.75, 3.05) is 6.54 Å². The summed E-state index contributed by atoms with van der Waals surface area (Å²) in [4.78, 5) is 8.98. The Labute approximate surface area is 149 Å². The zero-order valence-electron chi connectivity index (χ0n) is 13.0. The van der Waals surface area contributed by atoms with E-state index in [0.717, 1.165) is 18.2 Å². The molecule has 0 atom stereocenters. The van der Waals surface area contributed by atoms with Crippen molar-refractivity contribution in [2.45, 2.75) is 26.9 Å². The summed E-state index contributed by atoms with van der Waals surface area (Å²) >= 11 is 0. The molecule has 4 nitrogen and oxygen atoms in total. The number of nitrogens with zero attached hydrogens (tertiary/aromatic N) is 2. The van der Waals surface area contributed by atoms with Gasteiger partial charge >= 0.3 is 0 Å². The lowest BCUT2D eigenvalue weighted by atomic mass is 10.2. The van der Waals surface area contributed by atoms with Gasteiger partial charge in [0.2, 0.25) is 0 Å². The lowest BCUT2D eigenvalue weighted by Crippen LogP contribution is -2.37. The van der Waals surface area contributed by atoms with Crippen molar-refractivity contribution < 1.29 is 0 Å². The Hall–Kier alpha value is -1.63. The van der Waals surface area contributed by atoms with Crippen LogP contribution in [0.25, 0.3) is 0 Å². The van der Waals surface area contributed by atoms with Crippen LogP contribution in [0.5, 0.6) is 0 Å². The number of hydrogen-bond acceptors (Lipinski definition) is 2. The highest BCUT2D eigenvalue weighted by atomic mass is 127. The summed E-state index contributed by atoms with van der Waals surface area (Å²) in [6, 6.07) is 14.3. The van der Waals surface area contributed by atoms with Gasteiger partial charge in [-0.15, -0.1) is 24.0 Å². The van der Waals surface area contributed by atoms with Crippen LogP contribution in [0, 0.1) is 6.92 Å². The highest BCUT2D eigenvalue weighted by molar-refractivity contribution is 14.0. The summed E-state index contributed by atoms with van der Waals surface area (Å²) in [6.45, 7) is 6.30. The first kappa shape index (κ1) is 18.4. The van der Waals surface area contributed by atoms with Gasteiger partial charge < -0.3 is 10.6 Å². The van der Waals surface area contributed by atoms with E-state index in [0.29, 0.717) is 13.1 Å². The molecule has 0 unspecified atom stereocenters. The Balaban J connectivity index is 0.00000242. The molecule has 2 aromatic rings. The molecule has 0 aliphatic heterocycles. The number of aliphatic imine (C=N–C) groups is 1. The van der Waals surface area contributed by atoms with E-state index < -0.39 is 0 Å². The summed E-state index contributed by atoms with van der Waals surface area (Å²) in [6.07, 6.45) is 1.82. The smallest absolute Gasteiger partial charge is 0.191 e. The Morgan fingerprint density at radius 2 is 1.86 bits per heavy atom. The van der Waals surface area contributed by atoms with Crippen LogP contribution in [-0.4, -0.2) is 17.5 Å². The van der Waals surface area contributed by atoms with E-state index >= 15 is 0 Å². The van der Waals surface area contributed by atoms with Gasteiger partial charge in [-0.2, -0.15) is 0 Å². The third kappa shape index (κ3) is 6.01. The third-order valence-corrected chi connectivity index (χ3v) is 3.15. The molecule has 0 saturated carbocycles. The van der Waals surface area contributed by atoms with Crippen molar-refractivity contribution in [3.8, 4) is 0 Å².